The molecule has 2 atom stereocenters. The molecule has 0 aromatic rings. The van der Waals surface area contributed by atoms with Gasteiger partial charge in [0.25, 0.3) is 0 Å². The molecule has 6 heteroatoms. The van der Waals surface area contributed by atoms with Crippen LogP contribution in [0.5, 0.6) is 0 Å². The largest absolute Gasteiger partial charge is 0.481 e. The normalized spacial score (nSPS) is 13.8. The number of aliphatic hydroxyl groups excluding tert-OH is 1. The molecule has 0 aliphatic carbocycles. The molecule has 0 saturated carbocycles. The van der Waals surface area contributed by atoms with E-state index in [0.29, 0.717) is 17.4 Å². The fourth-order valence-corrected chi connectivity index (χ4v) is 3.49. The number of carboxylic acid groups (broad SMARTS) is 1. The number of carboxylic acids is 1. The lowest BCUT2D eigenvalue weighted by Gasteiger charge is -2.28. The average molecular weight is 417 g/mol. The second-order valence-electron chi connectivity index (χ2n) is 9.32. The van der Waals surface area contributed by atoms with E-state index in [4.69, 9.17) is 9.84 Å². The third kappa shape index (κ3) is 18.6. The SMILES string of the molecule is CCCCCCCCCCCCCCC(O)C(=O)OC(CC(=O)O)C[N+](C)(C)C. The lowest BCUT2D eigenvalue weighted by molar-refractivity contribution is -0.873. The number of hydrogen-bond acceptors (Lipinski definition) is 4. The van der Waals surface area contributed by atoms with E-state index < -0.39 is 24.1 Å². The van der Waals surface area contributed by atoms with Gasteiger partial charge in [0.2, 0.25) is 0 Å². The van der Waals surface area contributed by atoms with E-state index in [9.17, 15) is 14.7 Å². The maximum atomic E-state index is 12.1. The predicted octanol–water partition coefficient (Wildman–Crippen LogP) is 4.53. The van der Waals surface area contributed by atoms with Crippen LogP contribution >= 0.6 is 0 Å². The zero-order chi connectivity index (χ0) is 22.1. The number of carbonyl (C=O) groups excluding carboxylic acids is 1. The Hall–Kier alpha value is -1.14. The summed E-state index contributed by atoms with van der Waals surface area (Å²) in [5.41, 5.74) is 0. The smallest absolute Gasteiger partial charge is 0.335 e. The van der Waals surface area contributed by atoms with Gasteiger partial charge >= 0.3 is 11.9 Å². The van der Waals surface area contributed by atoms with Crippen molar-refractivity contribution in [1.29, 1.82) is 0 Å². The highest BCUT2D eigenvalue weighted by Gasteiger charge is 2.27. The minimum atomic E-state index is -1.16. The van der Waals surface area contributed by atoms with Crippen molar-refractivity contribution in [1.82, 2.24) is 0 Å². The van der Waals surface area contributed by atoms with Gasteiger partial charge in [-0.25, -0.2) is 4.79 Å². The maximum absolute atomic E-state index is 12.1. The molecule has 0 saturated heterocycles. The summed E-state index contributed by atoms with van der Waals surface area (Å²) in [7, 11) is 5.72. The summed E-state index contributed by atoms with van der Waals surface area (Å²) in [4.78, 5) is 23.1. The van der Waals surface area contributed by atoms with E-state index >= 15 is 0 Å². The summed E-state index contributed by atoms with van der Waals surface area (Å²) in [6.07, 6.45) is 13.0. The van der Waals surface area contributed by atoms with Crippen LogP contribution in [0.25, 0.3) is 0 Å². The van der Waals surface area contributed by atoms with Gasteiger partial charge in [-0.3, -0.25) is 4.79 Å². The van der Waals surface area contributed by atoms with Gasteiger partial charge in [0.1, 0.15) is 6.54 Å². The first-order chi connectivity index (χ1) is 13.7. The molecule has 0 fully saturated rings. The van der Waals surface area contributed by atoms with Crippen molar-refractivity contribution >= 4 is 11.9 Å². The van der Waals surface area contributed by atoms with Crippen LogP contribution in [-0.4, -0.2) is 66.5 Å². The number of hydrogen-bond donors (Lipinski definition) is 2. The van der Waals surface area contributed by atoms with Crippen LogP contribution in [0, 0.1) is 0 Å². The Morgan fingerprint density at radius 2 is 1.28 bits per heavy atom. The minimum absolute atomic E-state index is 0.243. The van der Waals surface area contributed by atoms with Crippen molar-refractivity contribution in [2.75, 3.05) is 27.7 Å². The van der Waals surface area contributed by atoms with Crippen LogP contribution in [0.3, 0.4) is 0 Å². The second kappa shape index (κ2) is 16.6. The Labute approximate surface area is 178 Å². The van der Waals surface area contributed by atoms with Gasteiger partial charge in [-0.15, -0.1) is 0 Å². The minimum Gasteiger partial charge on any atom is -0.481 e. The highest BCUT2D eigenvalue weighted by molar-refractivity contribution is 5.75. The van der Waals surface area contributed by atoms with Gasteiger partial charge in [-0.1, -0.05) is 84.0 Å². The fraction of sp³-hybridized carbons (Fsp3) is 0.913. The fourth-order valence-electron chi connectivity index (χ4n) is 3.49. The lowest BCUT2D eigenvalue weighted by Crippen LogP contribution is -2.44. The van der Waals surface area contributed by atoms with Crippen LogP contribution < -0.4 is 0 Å². The lowest BCUT2D eigenvalue weighted by atomic mass is 10.0. The molecule has 172 valence electrons. The highest BCUT2D eigenvalue weighted by atomic mass is 16.6. The van der Waals surface area contributed by atoms with Gasteiger partial charge < -0.3 is 19.4 Å². The highest BCUT2D eigenvalue weighted by Crippen LogP contribution is 2.14. The predicted molar refractivity (Wildman–Crippen MR) is 117 cm³/mol. The molecule has 0 aromatic carbocycles. The van der Waals surface area contributed by atoms with Crippen LogP contribution in [0.15, 0.2) is 0 Å². The summed E-state index contributed by atoms with van der Waals surface area (Å²) in [6, 6.07) is 0. The number of carbonyl (C=O) groups is 2. The number of esters is 1. The second-order valence-corrected chi connectivity index (χ2v) is 9.32. The molecule has 0 aliphatic rings. The zero-order valence-corrected chi connectivity index (χ0v) is 19.3. The molecule has 0 amide bonds. The van der Waals surface area contributed by atoms with E-state index in [-0.39, 0.29) is 6.42 Å². The molecular formula is C23H46NO5+. The molecular weight excluding hydrogens is 370 g/mol. The molecule has 0 radical (unpaired) electrons. The van der Waals surface area contributed by atoms with E-state index in [2.05, 4.69) is 6.92 Å². The van der Waals surface area contributed by atoms with E-state index in [0.717, 1.165) is 19.3 Å². The van der Waals surface area contributed by atoms with Crippen LogP contribution in [-0.2, 0) is 14.3 Å². The molecule has 0 aromatic heterocycles. The number of unbranched alkanes of at least 4 members (excludes halogenated alkanes) is 11. The van der Waals surface area contributed by atoms with Gasteiger partial charge in [-0.2, -0.15) is 0 Å². The first-order valence-corrected chi connectivity index (χ1v) is 11.6. The number of aliphatic carboxylic acids is 1. The number of nitrogens with zero attached hydrogens (tertiary/aromatic N) is 1. The third-order valence-corrected chi connectivity index (χ3v) is 5.04. The van der Waals surface area contributed by atoms with Crippen molar-refractivity contribution in [3.8, 4) is 0 Å². The van der Waals surface area contributed by atoms with Crippen LogP contribution in [0.1, 0.15) is 96.8 Å². The Balaban J connectivity index is 3.83. The van der Waals surface area contributed by atoms with Crippen LogP contribution in [0.4, 0.5) is 0 Å². The van der Waals surface area contributed by atoms with Gasteiger partial charge in [0, 0.05) is 0 Å². The molecule has 0 heterocycles. The summed E-state index contributed by atoms with van der Waals surface area (Å²) >= 11 is 0. The number of rotatable bonds is 19. The molecule has 0 spiro atoms. The summed E-state index contributed by atoms with van der Waals surface area (Å²) in [5, 5.41) is 19.0. The topological polar surface area (TPSA) is 83.8 Å². The Kier molecular flexibility index (Phi) is 16.0. The molecule has 6 nitrogen and oxygen atoms in total. The third-order valence-electron chi connectivity index (χ3n) is 5.04. The average Bonchev–Trinajstić information content (AvgIpc) is 2.60. The standard InChI is InChI=1S/C23H45NO5/c1-5-6-7-8-9-10-11-12-13-14-15-16-17-21(25)23(28)29-20(18-22(26)27)19-24(2,3)4/h20-21,25H,5-19H2,1-4H3/p+1. The maximum Gasteiger partial charge on any atom is 0.335 e. The molecule has 2 unspecified atom stereocenters. The van der Waals surface area contributed by atoms with E-state index in [1.165, 1.54) is 57.8 Å². The van der Waals surface area contributed by atoms with E-state index in [1.54, 1.807) is 0 Å². The first-order valence-electron chi connectivity index (χ1n) is 11.6. The van der Waals surface area contributed by atoms with Crippen molar-refractivity contribution in [2.24, 2.45) is 0 Å². The Bertz CT molecular complexity index is 433. The summed E-state index contributed by atoms with van der Waals surface area (Å²) < 4.78 is 5.76. The Morgan fingerprint density at radius 3 is 1.69 bits per heavy atom. The number of likely N-dealkylation sites (N-methyl/N-ethyl adjacent to an activating group) is 1. The molecule has 0 aliphatic heterocycles. The molecule has 29 heavy (non-hydrogen) atoms. The van der Waals surface area contributed by atoms with Gasteiger partial charge in [-0.05, 0) is 6.42 Å². The molecule has 2 N–H and O–H groups in total. The van der Waals surface area contributed by atoms with Gasteiger partial charge in [0.15, 0.2) is 12.2 Å². The van der Waals surface area contributed by atoms with E-state index in [1.807, 2.05) is 21.1 Å². The number of ether oxygens (including phenoxy) is 1. The van der Waals surface area contributed by atoms with Crippen molar-refractivity contribution in [3.63, 3.8) is 0 Å². The quantitative estimate of drug-likeness (QED) is 0.184. The number of quaternary nitrogens is 1. The number of aliphatic hydroxyl groups is 1. The van der Waals surface area contributed by atoms with Crippen LogP contribution in [0.2, 0.25) is 0 Å². The molecule has 0 bridgehead atoms. The summed E-state index contributed by atoms with van der Waals surface area (Å²) in [5.74, 6) is -1.71. The monoisotopic (exact) mass is 416 g/mol. The van der Waals surface area contributed by atoms with Crippen molar-refractivity contribution < 1.29 is 29.0 Å². The zero-order valence-electron chi connectivity index (χ0n) is 19.3. The molecule has 0 rings (SSSR count). The summed E-state index contributed by atoms with van der Waals surface area (Å²) in [6.45, 7) is 2.63. The van der Waals surface area contributed by atoms with Crippen molar-refractivity contribution in [3.05, 3.63) is 0 Å². The van der Waals surface area contributed by atoms with Crippen molar-refractivity contribution in [2.45, 2.75) is 109 Å². The Morgan fingerprint density at radius 1 is 0.828 bits per heavy atom. The first kappa shape index (κ1) is 27.9. The van der Waals surface area contributed by atoms with Gasteiger partial charge in [0.05, 0.1) is 27.6 Å².